The third kappa shape index (κ3) is 2.25. The first-order valence-electron chi connectivity index (χ1n) is 5.02. The molecule has 0 amide bonds. The molecule has 0 aliphatic heterocycles. The molecule has 0 saturated heterocycles. The maximum atomic E-state index is 9.30. The molecule has 0 radical (unpaired) electrons. The van der Waals surface area contributed by atoms with Gasteiger partial charge < -0.3 is 0 Å². The maximum Gasteiger partial charge on any atom is 0.0972 e. The number of benzene rings is 2. The van der Waals surface area contributed by atoms with E-state index in [9.17, 15) is 5.26 Å². The van der Waals surface area contributed by atoms with Gasteiger partial charge in [0.1, 0.15) is 0 Å². The standard InChI is InChI=1S/C14H10IN/c15-14-9-5-4-8-12(14)13(10-16)11-6-2-1-3-7-11/h1-9,13H. The van der Waals surface area contributed by atoms with Crippen LogP contribution in [-0.2, 0) is 0 Å². The molecule has 0 saturated carbocycles. The van der Waals surface area contributed by atoms with Crippen molar-refractivity contribution in [1.29, 1.82) is 5.26 Å². The molecule has 2 rings (SSSR count). The van der Waals surface area contributed by atoms with Gasteiger partial charge in [0.25, 0.3) is 0 Å². The molecular weight excluding hydrogens is 309 g/mol. The van der Waals surface area contributed by atoms with E-state index in [0.29, 0.717) is 0 Å². The van der Waals surface area contributed by atoms with Crippen LogP contribution in [0.4, 0.5) is 0 Å². The highest BCUT2D eigenvalue weighted by molar-refractivity contribution is 14.1. The van der Waals surface area contributed by atoms with Crippen molar-refractivity contribution in [2.45, 2.75) is 5.92 Å². The van der Waals surface area contributed by atoms with Crippen LogP contribution in [0.1, 0.15) is 17.0 Å². The highest BCUT2D eigenvalue weighted by Crippen LogP contribution is 2.27. The molecule has 16 heavy (non-hydrogen) atoms. The van der Waals surface area contributed by atoms with Crippen LogP contribution >= 0.6 is 22.6 Å². The van der Waals surface area contributed by atoms with E-state index in [-0.39, 0.29) is 5.92 Å². The zero-order valence-corrected chi connectivity index (χ0v) is 10.8. The van der Waals surface area contributed by atoms with Crippen LogP contribution in [0.2, 0.25) is 0 Å². The first-order valence-corrected chi connectivity index (χ1v) is 6.10. The molecular formula is C14H10IN. The normalized spacial score (nSPS) is 11.8. The number of hydrogen-bond donors (Lipinski definition) is 0. The van der Waals surface area contributed by atoms with Crippen molar-refractivity contribution >= 4 is 22.6 Å². The van der Waals surface area contributed by atoms with E-state index in [0.717, 1.165) is 14.7 Å². The van der Waals surface area contributed by atoms with Crippen LogP contribution < -0.4 is 0 Å². The van der Waals surface area contributed by atoms with E-state index in [1.807, 2.05) is 54.6 Å². The summed E-state index contributed by atoms with van der Waals surface area (Å²) in [7, 11) is 0. The fraction of sp³-hybridized carbons (Fsp3) is 0.0714. The highest BCUT2D eigenvalue weighted by atomic mass is 127. The summed E-state index contributed by atoms with van der Waals surface area (Å²) in [5.74, 6) is -0.172. The van der Waals surface area contributed by atoms with E-state index in [2.05, 4.69) is 28.7 Å². The molecule has 1 atom stereocenters. The topological polar surface area (TPSA) is 23.8 Å². The lowest BCUT2D eigenvalue weighted by molar-refractivity contribution is 1.03. The van der Waals surface area contributed by atoms with E-state index in [1.54, 1.807) is 0 Å². The number of nitrogens with zero attached hydrogens (tertiary/aromatic N) is 1. The minimum Gasteiger partial charge on any atom is -0.197 e. The van der Waals surface area contributed by atoms with Gasteiger partial charge in [0.2, 0.25) is 0 Å². The number of halogens is 1. The Morgan fingerprint density at radius 3 is 2.19 bits per heavy atom. The van der Waals surface area contributed by atoms with Gasteiger partial charge in [0, 0.05) is 3.57 Å². The van der Waals surface area contributed by atoms with Crippen molar-refractivity contribution in [1.82, 2.24) is 0 Å². The smallest absolute Gasteiger partial charge is 0.0972 e. The fourth-order valence-corrected chi connectivity index (χ4v) is 2.38. The number of hydrogen-bond acceptors (Lipinski definition) is 1. The Morgan fingerprint density at radius 1 is 0.938 bits per heavy atom. The summed E-state index contributed by atoms with van der Waals surface area (Å²) < 4.78 is 1.13. The molecule has 0 N–H and O–H groups in total. The molecule has 0 aliphatic carbocycles. The summed E-state index contributed by atoms with van der Waals surface area (Å²) in [6, 6.07) is 20.3. The average Bonchev–Trinajstić information content (AvgIpc) is 2.34. The molecule has 0 spiro atoms. The van der Waals surface area contributed by atoms with Gasteiger partial charge in [-0.05, 0) is 39.8 Å². The Kier molecular flexibility index (Phi) is 3.58. The molecule has 0 bridgehead atoms. The minimum atomic E-state index is -0.172. The molecule has 0 aliphatic rings. The fourth-order valence-electron chi connectivity index (χ4n) is 1.68. The second-order valence-corrected chi connectivity index (χ2v) is 4.66. The molecule has 1 nitrogen and oxygen atoms in total. The second-order valence-electron chi connectivity index (χ2n) is 3.49. The Morgan fingerprint density at radius 2 is 1.56 bits per heavy atom. The summed E-state index contributed by atoms with van der Waals surface area (Å²) in [4.78, 5) is 0. The van der Waals surface area contributed by atoms with Gasteiger partial charge in [-0.1, -0.05) is 48.5 Å². The average molecular weight is 319 g/mol. The predicted molar refractivity (Wildman–Crippen MR) is 73.1 cm³/mol. The highest BCUT2D eigenvalue weighted by Gasteiger charge is 2.14. The molecule has 78 valence electrons. The Balaban J connectivity index is 2.47. The van der Waals surface area contributed by atoms with Crippen LogP contribution in [0.3, 0.4) is 0 Å². The predicted octanol–water partition coefficient (Wildman–Crippen LogP) is 3.95. The molecule has 2 heteroatoms. The van der Waals surface area contributed by atoms with Crippen molar-refractivity contribution in [2.75, 3.05) is 0 Å². The van der Waals surface area contributed by atoms with Gasteiger partial charge in [-0.15, -0.1) is 0 Å². The van der Waals surface area contributed by atoms with E-state index >= 15 is 0 Å². The largest absolute Gasteiger partial charge is 0.197 e. The summed E-state index contributed by atoms with van der Waals surface area (Å²) >= 11 is 2.27. The zero-order chi connectivity index (χ0) is 11.4. The third-order valence-electron chi connectivity index (χ3n) is 2.48. The van der Waals surface area contributed by atoms with Crippen molar-refractivity contribution in [2.24, 2.45) is 0 Å². The number of nitriles is 1. The monoisotopic (exact) mass is 319 g/mol. The Hall–Kier alpha value is -1.34. The minimum absolute atomic E-state index is 0.172. The van der Waals surface area contributed by atoms with Gasteiger partial charge in [-0.25, -0.2) is 0 Å². The summed E-state index contributed by atoms with van der Waals surface area (Å²) in [5, 5.41) is 9.30. The van der Waals surface area contributed by atoms with Crippen molar-refractivity contribution in [3.8, 4) is 6.07 Å². The van der Waals surface area contributed by atoms with Crippen LogP contribution in [0.5, 0.6) is 0 Å². The molecule has 0 heterocycles. The summed E-state index contributed by atoms with van der Waals surface area (Å²) in [6.45, 7) is 0. The summed E-state index contributed by atoms with van der Waals surface area (Å²) in [6.07, 6.45) is 0. The van der Waals surface area contributed by atoms with Crippen LogP contribution in [-0.4, -0.2) is 0 Å². The Labute approximate surface area is 109 Å². The first kappa shape index (κ1) is 11.2. The zero-order valence-electron chi connectivity index (χ0n) is 8.60. The lowest BCUT2D eigenvalue weighted by Gasteiger charge is -2.11. The third-order valence-corrected chi connectivity index (χ3v) is 3.46. The first-order chi connectivity index (χ1) is 7.83. The van der Waals surface area contributed by atoms with Crippen LogP contribution in [0.25, 0.3) is 0 Å². The number of rotatable bonds is 2. The Bertz CT molecular complexity index is 514. The van der Waals surface area contributed by atoms with E-state index in [1.165, 1.54) is 0 Å². The van der Waals surface area contributed by atoms with Gasteiger partial charge in [0.05, 0.1) is 12.0 Å². The lowest BCUT2D eigenvalue weighted by atomic mass is 9.93. The van der Waals surface area contributed by atoms with Gasteiger partial charge >= 0.3 is 0 Å². The van der Waals surface area contributed by atoms with Crippen LogP contribution in [0, 0.1) is 14.9 Å². The van der Waals surface area contributed by atoms with E-state index in [4.69, 9.17) is 0 Å². The molecule has 1 unspecified atom stereocenters. The molecule has 2 aromatic carbocycles. The van der Waals surface area contributed by atoms with Crippen LogP contribution in [0.15, 0.2) is 54.6 Å². The van der Waals surface area contributed by atoms with E-state index < -0.39 is 0 Å². The van der Waals surface area contributed by atoms with Crippen molar-refractivity contribution < 1.29 is 0 Å². The second kappa shape index (κ2) is 5.13. The van der Waals surface area contributed by atoms with Crippen molar-refractivity contribution in [3.05, 3.63) is 69.3 Å². The van der Waals surface area contributed by atoms with Gasteiger partial charge in [-0.3, -0.25) is 0 Å². The maximum absolute atomic E-state index is 9.30. The molecule has 2 aromatic rings. The van der Waals surface area contributed by atoms with Gasteiger partial charge in [-0.2, -0.15) is 5.26 Å². The summed E-state index contributed by atoms with van der Waals surface area (Å²) in [5.41, 5.74) is 2.13. The van der Waals surface area contributed by atoms with Gasteiger partial charge in [0.15, 0.2) is 0 Å². The lowest BCUT2D eigenvalue weighted by Crippen LogP contribution is -2.00. The molecule has 0 fully saturated rings. The molecule has 0 aromatic heterocycles. The SMILES string of the molecule is N#CC(c1ccccc1)c1ccccc1I. The quantitative estimate of drug-likeness (QED) is 0.769. The van der Waals surface area contributed by atoms with Crippen molar-refractivity contribution in [3.63, 3.8) is 0 Å².